The second kappa shape index (κ2) is 8.43. The number of nitrogens with zero attached hydrogens (tertiary/aromatic N) is 1. The van der Waals surface area contributed by atoms with Crippen molar-refractivity contribution in [1.82, 2.24) is 10.2 Å². The Morgan fingerprint density at radius 1 is 1.40 bits per heavy atom. The highest BCUT2D eigenvalue weighted by Crippen LogP contribution is 2.13. The van der Waals surface area contributed by atoms with Gasteiger partial charge in [0, 0.05) is 6.54 Å². The summed E-state index contributed by atoms with van der Waals surface area (Å²) in [6.45, 7) is 5.02. The van der Waals surface area contributed by atoms with E-state index in [0.29, 0.717) is 0 Å². The fraction of sp³-hybridized carbons (Fsp3) is 1.00. The molecule has 0 aliphatic carbocycles. The summed E-state index contributed by atoms with van der Waals surface area (Å²) in [6.07, 6.45) is 7.69. The first-order chi connectivity index (χ1) is 7.33. The lowest BCUT2D eigenvalue weighted by molar-refractivity contribution is 0.206. The third-order valence-corrected chi connectivity index (χ3v) is 3.80. The van der Waals surface area contributed by atoms with Crippen molar-refractivity contribution < 1.29 is 0 Å². The van der Waals surface area contributed by atoms with Crippen LogP contribution < -0.4 is 5.32 Å². The second-order valence-electron chi connectivity index (χ2n) is 4.67. The number of likely N-dealkylation sites (tertiary alicyclic amines) is 1. The van der Waals surface area contributed by atoms with Gasteiger partial charge in [0.05, 0.1) is 0 Å². The van der Waals surface area contributed by atoms with E-state index in [9.17, 15) is 0 Å². The third-order valence-electron chi connectivity index (χ3n) is 3.11. The minimum absolute atomic E-state index is 0.893. The quantitative estimate of drug-likeness (QED) is 0.674. The molecule has 15 heavy (non-hydrogen) atoms. The highest BCUT2D eigenvalue weighted by Gasteiger charge is 2.15. The molecule has 1 fully saturated rings. The molecule has 0 saturated carbocycles. The standard InChI is InChI=1S/C12H26N2S/c1-14-8-5-6-12(11-14)10-13-7-3-4-9-15-2/h12-13H,3-11H2,1-2H3. The molecule has 1 rings (SSSR count). The van der Waals surface area contributed by atoms with Gasteiger partial charge in [-0.2, -0.15) is 11.8 Å². The van der Waals surface area contributed by atoms with Crippen molar-refractivity contribution in [1.29, 1.82) is 0 Å². The number of nitrogens with one attached hydrogen (secondary N) is 1. The molecule has 0 bridgehead atoms. The zero-order chi connectivity index (χ0) is 10.9. The van der Waals surface area contributed by atoms with Gasteiger partial charge < -0.3 is 10.2 Å². The molecule has 1 saturated heterocycles. The van der Waals surface area contributed by atoms with Gasteiger partial charge in [0.25, 0.3) is 0 Å². The van der Waals surface area contributed by atoms with Crippen LogP contribution in [0.1, 0.15) is 25.7 Å². The monoisotopic (exact) mass is 230 g/mol. The normalized spacial score (nSPS) is 23.2. The van der Waals surface area contributed by atoms with E-state index in [1.807, 2.05) is 11.8 Å². The van der Waals surface area contributed by atoms with Crippen LogP contribution in [0.2, 0.25) is 0 Å². The summed E-state index contributed by atoms with van der Waals surface area (Å²) >= 11 is 1.95. The van der Waals surface area contributed by atoms with E-state index in [-0.39, 0.29) is 0 Å². The molecule has 1 aliphatic heterocycles. The van der Waals surface area contributed by atoms with Crippen LogP contribution in [0.5, 0.6) is 0 Å². The molecule has 0 aromatic rings. The topological polar surface area (TPSA) is 15.3 Å². The lowest BCUT2D eigenvalue weighted by Crippen LogP contribution is -2.37. The molecule has 1 N–H and O–H groups in total. The van der Waals surface area contributed by atoms with Crippen molar-refractivity contribution in [3.63, 3.8) is 0 Å². The summed E-state index contributed by atoms with van der Waals surface area (Å²) in [6, 6.07) is 0. The molecule has 1 atom stereocenters. The number of hydrogen-bond donors (Lipinski definition) is 1. The molecular formula is C12H26N2S. The van der Waals surface area contributed by atoms with Crippen LogP contribution in [-0.4, -0.2) is 50.1 Å². The summed E-state index contributed by atoms with van der Waals surface area (Å²) < 4.78 is 0. The fourth-order valence-corrected chi connectivity index (χ4v) is 2.74. The minimum atomic E-state index is 0.893. The molecule has 0 aromatic heterocycles. The molecule has 3 heteroatoms. The van der Waals surface area contributed by atoms with E-state index in [0.717, 1.165) is 5.92 Å². The first-order valence-electron chi connectivity index (χ1n) is 6.21. The number of unbranched alkanes of at least 4 members (excludes halogenated alkanes) is 1. The Morgan fingerprint density at radius 2 is 2.27 bits per heavy atom. The molecule has 1 heterocycles. The molecule has 0 amide bonds. The summed E-state index contributed by atoms with van der Waals surface area (Å²) in [4.78, 5) is 2.46. The van der Waals surface area contributed by atoms with Gasteiger partial charge in [0.2, 0.25) is 0 Å². The third kappa shape index (κ3) is 6.44. The van der Waals surface area contributed by atoms with Crippen molar-refractivity contribution in [2.45, 2.75) is 25.7 Å². The van der Waals surface area contributed by atoms with E-state index >= 15 is 0 Å². The van der Waals surface area contributed by atoms with Crippen LogP contribution in [0, 0.1) is 5.92 Å². The molecule has 0 spiro atoms. The van der Waals surface area contributed by atoms with E-state index in [1.165, 1.54) is 57.6 Å². The van der Waals surface area contributed by atoms with Crippen LogP contribution >= 0.6 is 11.8 Å². The lowest BCUT2D eigenvalue weighted by atomic mass is 9.98. The predicted octanol–water partition coefficient (Wildman–Crippen LogP) is 2.06. The predicted molar refractivity (Wildman–Crippen MR) is 70.7 cm³/mol. The van der Waals surface area contributed by atoms with E-state index in [2.05, 4.69) is 23.5 Å². The Bertz CT molecular complexity index is 153. The zero-order valence-electron chi connectivity index (χ0n) is 10.3. The number of rotatable bonds is 7. The number of thioether (sulfide) groups is 1. The van der Waals surface area contributed by atoms with Gasteiger partial charge in [-0.3, -0.25) is 0 Å². The minimum Gasteiger partial charge on any atom is -0.316 e. The van der Waals surface area contributed by atoms with E-state index in [4.69, 9.17) is 0 Å². The maximum absolute atomic E-state index is 3.60. The van der Waals surface area contributed by atoms with Crippen molar-refractivity contribution in [3.8, 4) is 0 Å². The largest absolute Gasteiger partial charge is 0.316 e. The first-order valence-corrected chi connectivity index (χ1v) is 7.60. The van der Waals surface area contributed by atoms with Gasteiger partial charge in [-0.1, -0.05) is 0 Å². The summed E-state index contributed by atoms with van der Waals surface area (Å²) in [5, 5.41) is 3.60. The maximum Gasteiger partial charge on any atom is 0.00187 e. The second-order valence-corrected chi connectivity index (χ2v) is 5.66. The Kier molecular flexibility index (Phi) is 7.49. The van der Waals surface area contributed by atoms with Gasteiger partial charge in [-0.25, -0.2) is 0 Å². The first kappa shape index (κ1) is 13.3. The van der Waals surface area contributed by atoms with Gasteiger partial charge >= 0.3 is 0 Å². The van der Waals surface area contributed by atoms with Crippen molar-refractivity contribution in [2.75, 3.05) is 45.2 Å². The van der Waals surface area contributed by atoms with Crippen LogP contribution in [0.15, 0.2) is 0 Å². The van der Waals surface area contributed by atoms with Crippen LogP contribution in [0.25, 0.3) is 0 Å². The van der Waals surface area contributed by atoms with Gasteiger partial charge in [0.15, 0.2) is 0 Å². The molecule has 0 aromatic carbocycles. The van der Waals surface area contributed by atoms with Gasteiger partial charge in [-0.05, 0) is 70.3 Å². The smallest absolute Gasteiger partial charge is 0.00187 e. The average Bonchev–Trinajstić information content (AvgIpc) is 2.23. The number of hydrogen-bond acceptors (Lipinski definition) is 3. The summed E-state index contributed by atoms with van der Waals surface area (Å²) in [5.41, 5.74) is 0. The Morgan fingerprint density at radius 3 is 3.00 bits per heavy atom. The van der Waals surface area contributed by atoms with Crippen LogP contribution in [0.3, 0.4) is 0 Å². The molecule has 1 unspecified atom stereocenters. The summed E-state index contributed by atoms with van der Waals surface area (Å²) in [5.74, 6) is 2.21. The molecule has 1 aliphatic rings. The van der Waals surface area contributed by atoms with E-state index < -0.39 is 0 Å². The van der Waals surface area contributed by atoms with E-state index in [1.54, 1.807) is 0 Å². The highest BCUT2D eigenvalue weighted by molar-refractivity contribution is 7.98. The SMILES string of the molecule is CSCCCCNCC1CCCN(C)C1. The van der Waals surface area contributed by atoms with Crippen molar-refractivity contribution >= 4 is 11.8 Å². The highest BCUT2D eigenvalue weighted by atomic mass is 32.2. The molecule has 0 radical (unpaired) electrons. The molecule has 90 valence electrons. The average molecular weight is 230 g/mol. The maximum atomic E-state index is 3.60. The van der Waals surface area contributed by atoms with Gasteiger partial charge in [-0.15, -0.1) is 0 Å². The Balaban J connectivity index is 1.90. The fourth-order valence-electron chi connectivity index (χ4n) is 2.24. The van der Waals surface area contributed by atoms with Crippen molar-refractivity contribution in [3.05, 3.63) is 0 Å². The lowest BCUT2D eigenvalue weighted by Gasteiger charge is -2.29. The Labute approximate surface area is 99.2 Å². The van der Waals surface area contributed by atoms with Crippen LogP contribution in [-0.2, 0) is 0 Å². The van der Waals surface area contributed by atoms with Crippen LogP contribution in [0.4, 0.5) is 0 Å². The summed E-state index contributed by atoms with van der Waals surface area (Å²) in [7, 11) is 2.24. The van der Waals surface area contributed by atoms with Crippen molar-refractivity contribution in [2.24, 2.45) is 5.92 Å². The molecular weight excluding hydrogens is 204 g/mol. The van der Waals surface area contributed by atoms with Gasteiger partial charge in [0.1, 0.15) is 0 Å². The Hall–Kier alpha value is 0.270. The number of piperidine rings is 1. The molecule has 2 nitrogen and oxygen atoms in total. The zero-order valence-corrected chi connectivity index (χ0v) is 11.1.